The van der Waals surface area contributed by atoms with Crippen LogP contribution in [0.3, 0.4) is 0 Å². The van der Waals surface area contributed by atoms with Crippen LogP contribution < -0.4 is 5.32 Å². The molecule has 4 nitrogen and oxygen atoms in total. The van der Waals surface area contributed by atoms with Crippen molar-refractivity contribution in [3.05, 3.63) is 71.2 Å². The van der Waals surface area contributed by atoms with E-state index in [0.717, 1.165) is 16.0 Å². The summed E-state index contributed by atoms with van der Waals surface area (Å²) >= 11 is 1.61. The van der Waals surface area contributed by atoms with E-state index in [4.69, 9.17) is 0 Å². The molecule has 0 unspecified atom stereocenters. The highest BCUT2D eigenvalue weighted by atomic mass is 32.1. The summed E-state index contributed by atoms with van der Waals surface area (Å²) < 4.78 is 1.84. The molecule has 0 saturated heterocycles. The SMILES string of the molecule is O=C(/C=C/c1cccs1)NCCn1cc(-c2ccccc2)cn1. The third-order valence-corrected chi connectivity index (χ3v) is 4.16. The summed E-state index contributed by atoms with van der Waals surface area (Å²) in [7, 11) is 0. The Kier molecular flexibility index (Phi) is 5.01. The molecule has 0 saturated carbocycles. The Morgan fingerprint density at radius 2 is 2.04 bits per heavy atom. The fourth-order valence-electron chi connectivity index (χ4n) is 2.16. The molecule has 0 bridgehead atoms. The average Bonchev–Trinajstić information content (AvgIpc) is 3.26. The molecule has 0 atom stereocenters. The van der Waals surface area contributed by atoms with Gasteiger partial charge in [0.25, 0.3) is 0 Å². The zero-order valence-corrected chi connectivity index (χ0v) is 13.4. The van der Waals surface area contributed by atoms with Crippen molar-refractivity contribution in [3.63, 3.8) is 0 Å². The number of rotatable bonds is 6. The number of aromatic nitrogens is 2. The molecule has 3 rings (SSSR count). The first-order chi connectivity index (χ1) is 11.3. The van der Waals surface area contributed by atoms with Crippen molar-refractivity contribution in [1.29, 1.82) is 0 Å². The van der Waals surface area contributed by atoms with E-state index in [0.29, 0.717) is 13.1 Å². The first-order valence-electron chi connectivity index (χ1n) is 7.38. The Morgan fingerprint density at radius 1 is 1.17 bits per heavy atom. The number of nitrogens with one attached hydrogen (secondary N) is 1. The molecule has 1 N–H and O–H groups in total. The van der Waals surface area contributed by atoms with Gasteiger partial charge in [0.2, 0.25) is 5.91 Å². The summed E-state index contributed by atoms with van der Waals surface area (Å²) in [5, 5.41) is 9.17. The van der Waals surface area contributed by atoms with E-state index < -0.39 is 0 Å². The van der Waals surface area contributed by atoms with Gasteiger partial charge in [-0.3, -0.25) is 9.48 Å². The predicted octanol–water partition coefficient (Wildman–Crippen LogP) is 3.44. The monoisotopic (exact) mass is 323 g/mol. The summed E-state index contributed by atoms with van der Waals surface area (Å²) in [4.78, 5) is 12.8. The van der Waals surface area contributed by atoms with Crippen LogP contribution in [-0.2, 0) is 11.3 Å². The standard InChI is InChI=1S/C18H17N3OS/c22-18(9-8-17-7-4-12-23-17)19-10-11-21-14-16(13-20-21)15-5-2-1-3-6-15/h1-9,12-14H,10-11H2,(H,19,22)/b9-8+. The van der Waals surface area contributed by atoms with Crippen molar-refractivity contribution in [2.45, 2.75) is 6.54 Å². The number of amides is 1. The van der Waals surface area contributed by atoms with E-state index in [2.05, 4.69) is 22.5 Å². The van der Waals surface area contributed by atoms with Crippen LogP contribution in [0.15, 0.2) is 66.3 Å². The molecule has 2 heterocycles. The van der Waals surface area contributed by atoms with Gasteiger partial charge in [-0.05, 0) is 23.1 Å². The average molecular weight is 323 g/mol. The Balaban J connectivity index is 1.48. The Labute approximate surface area is 139 Å². The first-order valence-corrected chi connectivity index (χ1v) is 8.26. The van der Waals surface area contributed by atoms with Gasteiger partial charge in [0, 0.05) is 29.3 Å². The van der Waals surface area contributed by atoms with Gasteiger partial charge in [0.15, 0.2) is 0 Å². The van der Waals surface area contributed by atoms with Gasteiger partial charge in [-0.2, -0.15) is 5.10 Å². The lowest BCUT2D eigenvalue weighted by Crippen LogP contribution is -2.25. The van der Waals surface area contributed by atoms with E-state index >= 15 is 0 Å². The molecule has 2 aromatic heterocycles. The number of hydrogen-bond donors (Lipinski definition) is 1. The van der Waals surface area contributed by atoms with Crippen molar-refractivity contribution in [1.82, 2.24) is 15.1 Å². The third kappa shape index (κ3) is 4.40. The smallest absolute Gasteiger partial charge is 0.244 e. The highest BCUT2D eigenvalue weighted by Crippen LogP contribution is 2.17. The van der Waals surface area contributed by atoms with Gasteiger partial charge >= 0.3 is 0 Å². The Bertz CT molecular complexity index is 776. The lowest BCUT2D eigenvalue weighted by Gasteiger charge is -2.02. The second-order valence-electron chi connectivity index (χ2n) is 5.00. The molecule has 0 aliphatic carbocycles. The minimum atomic E-state index is -0.0890. The number of hydrogen-bond acceptors (Lipinski definition) is 3. The highest BCUT2D eigenvalue weighted by molar-refractivity contribution is 7.10. The van der Waals surface area contributed by atoms with Crippen molar-refractivity contribution in [2.75, 3.05) is 6.54 Å². The number of carbonyl (C=O) groups is 1. The van der Waals surface area contributed by atoms with Gasteiger partial charge in [0.1, 0.15) is 0 Å². The van der Waals surface area contributed by atoms with Gasteiger partial charge in [-0.1, -0.05) is 36.4 Å². The van der Waals surface area contributed by atoms with Crippen LogP contribution in [0.1, 0.15) is 4.88 Å². The van der Waals surface area contributed by atoms with Crippen molar-refractivity contribution in [3.8, 4) is 11.1 Å². The summed E-state index contributed by atoms with van der Waals surface area (Å²) in [5.41, 5.74) is 2.22. The predicted molar refractivity (Wildman–Crippen MR) is 94.0 cm³/mol. The Morgan fingerprint density at radius 3 is 2.83 bits per heavy atom. The number of nitrogens with zero attached hydrogens (tertiary/aromatic N) is 2. The molecule has 0 radical (unpaired) electrons. The largest absolute Gasteiger partial charge is 0.351 e. The van der Waals surface area contributed by atoms with Crippen LogP contribution in [0.2, 0.25) is 0 Å². The number of thiophene rings is 1. The Hall–Kier alpha value is -2.66. The minimum Gasteiger partial charge on any atom is -0.351 e. The van der Waals surface area contributed by atoms with Crippen LogP contribution in [0.25, 0.3) is 17.2 Å². The topological polar surface area (TPSA) is 46.9 Å². The van der Waals surface area contributed by atoms with Crippen LogP contribution in [0.4, 0.5) is 0 Å². The molecule has 1 amide bonds. The molecular formula is C18H17N3OS. The summed E-state index contributed by atoms with van der Waals surface area (Å²) in [6.45, 7) is 1.19. The summed E-state index contributed by atoms with van der Waals surface area (Å²) in [6.07, 6.45) is 7.21. The van der Waals surface area contributed by atoms with Gasteiger partial charge < -0.3 is 5.32 Å². The van der Waals surface area contributed by atoms with Crippen LogP contribution in [0, 0.1) is 0 Å². The van der Waals surface area contributed by atoms with Crippen LogP contribution in [0.5, 0.6) is 0 Å². The normalized spacial score (nSPS) is 11.0. The fourth-order valence-corrected chi connectivity index (χ4v) is 2.78. The summed E-state index contributed by atoms with van der Waals surface area (Å²) in [6, 6.07) is 14.1. The molecular weight excluding hydrogens is 306 g/mol. The molecule has 0 spiro atoms. The number of carbonyl (C=O) groups excluding carboxylic acids is 1. The lowest BCUT2D eigenvalue weighted by molar-refractivity contribution is -0.116. The molecule has 23 heavy (non-hydrogen) atoms. The quantitative estimate of drug-likeness (QED) is 0.706. The second-order valence-corrected chi connectivity index (χ2v) is 5.98. The van der Waals surface area contributed by atoms with E-state index in [1.807, 2.05) is 58.9 Å². The molecule has 1 aromatic carbocycles. The van der Waals surface area contributed by atoms with Gasteiger partial charge in [0.05, 0.1) is 12.7 Å². The lowest BCUT2D eigenvalue weighted by atomic mass is 10.1. The maximum absolute atomic E-state index is 11.7. The molecule has 0 fully saturated rings. The third-order valence-electron chi connectivity index (χ3n) is 3.32. The zero-order valence-electron chi connectivity index (χ0n) is 12.6. The minimum absolute atomic E-state index is 0.0890. The van der Waals surface area contributed by atoms with Crippen LogP contribution in [-0.4, -0.2) is 22.2 Å². The van der Waals surface area contributed by atoms with Crippen molar-refractivity contribution in [2.24, 2.45) is 0 Å². The van der Waals surface area contributed by atoms with Crippen molar-refractivity contribution < 1.29 is 4.79 Å². The number of benzene rings is 1. The van der Waals surface area contributed by atoms with E-state index in [-0.39, 0.29) is 5.91 Å². The van der Waals surface area contributed by atoms with Crippen molar-refractivity contribution >= 4 is 23.3 Å². The molecule has 116 valence electrons. The van der Waals surface area contributed by atoms with Crippen LogP contribution >= 0.6 is 11.3 Å². The van der Waals surface area contributed by atoms with E-state index in [9.17, 15) is 4.79 Å². The zero-order chi connectivity index (χ0) is 15.9. The molecule has 5 heteroatoms. The summed E-state index contributed by atoms with van der Waals surface area (Å²) in [5.74, 6) is -0.0890. The fraction of sp³-hybridized carbons (Fsp3) is 0.111. The maximum Gasteiger partial charge on any atom is 0.244 e. The molecule has 3 aromatic rings. The van der Waals surface area contributed by atoms with Gasteiger partial charge in [-0.15, -0.1) is 11.3 Å². The van der Waals surface area contributed by atoms with Gasteiger partial charge in [-0.25, -0.2) is 0 Å². The maximum atomic E-state index is 11.7. The second kappa shape index (κ2) is 7.56. The highest BCUT2D eigenvalue weighted by Gasteiger charge is 2.01. The molecule has 0 aliphatic rings. The van der Waals surface area contributed by atoms with E-state index in [1.54, 1.807) is 17.4 Å². The van der Waals surface area contributed by atoms with E-state index in [1.165, 1.54) is 0 Å². The first kappa shape index (κ1) is 15.2. The molecule has 0 aliphatic heterocycles.